The van der Waals surface area contributed by atoms with Crippen LogP contribution in [-0.2, 0) is 16.6 Å². The molecule has 0 aliphatic heterocycles. The van der Waals surface area contributed by atoms with Gasteiger partial charge < -0.3 is 9.72 Å². The Labute approximate surface area is 209 Å². The zero-order valence-electron chi connectivity index (χ0n) is 19.0. The molecule has 2 heterocycles. The van der Waals surface area contributed by atoms with E-state index in [9.17, 15) is 22.4 Å². The zero-order chi connectivity index (χ0) is 26.0. The number of sulfonamides is 1. The van der Waals surface area contributed by atoms with Gasteiger partial charge in [0.15, 0.2) is 0 Å². The molecule has 0 radical (unpaired) electrons. The van der Waals surface area contributed by atoms with E-state index < -0.39 is 27.1 Å². The summed E-state index contributed by atoms with van der Waals surface area (Å²) in [7, 11) is -3.97. The average Bonchev–Trinajstić information content (AvgIpc) is 2.88. The van der Waals surface area contributed by atoms with Crippen LogP contribution >= 0.6 is 0 Å². The Morgan fingerprint density at radius 3 is 2.46 bits per heavy atom. The number of aromatic nitrogens is 4. The maximum Gasteiger partial charge on any atom is 0.329 e. The lowest BCUT2D eigenvalue weighted by Crippen LogP contribution is -2.35. The maximum absolute atomic E-state index is 13.2. The fourth-order valence-electron chi connectivity index (χ4n) is 3.62. The second-order valence-electron chi connectivity index (χ2n) is 7.92. The van der Waals surface area contributed by atoms with Gasteiger partial charge in [0, 0.05) is 18.1 Å². The van der Waals surface area contributed by atoms with E-state index in [4.69, 9.17) is 4.74 Å². The lowest BCUT2D eigenvalue weighted by Gasteiger charge is -2.11. The average molecular weight is 520 g/mol. The van der Waals surface area contributed by atoms with E-state index in [1.807, 2.05) is 0 Å². The molecule has 5 rings (SSSR count). The second-order valence-corrected chi connectivity index (χ2v) is 9.60. The van der Waals surface area contributed by atoms with Gasteiger partial charge in [-0.2, -0.15) is 0 Å². The van der Waals surface area contributed by atoms with Gasteiger partial charge in [0.25, 0.3) is 15.6 Å². The van der Waals surface area contributed by atoms with E-state index in [0.717, 1.165) is 28.8 Å². The van der Waals surface area contributed by atoms with Crippen LogP contribution in [0, 0.1) is 5.82 Å². The fraction of sp³-hybridized carbons (Fsp3) is 0.0400. The van der Waals surface area contributed by atoms with Gasteiger partial charge >= 0.3 is 11.7 Å². The van der Waals surface area contributed by atoms with Crippen molar-refractivity contribution < 1.29 is 17.5 Å². The van der Waals surface area contributed by atoms with Gasteiger partial charge in [-0.3, -0.25) is 14.1 Å². The number of aromatic amines is 1. The molecule has 0 aliphatic carbocycles. The molecule has 0 fully saturated rings. The molecule has 37 heavy (non-hydrogen) atoms. The van der Waals surface area contributed by atoms with E-state index in [-0.39, 0.29) is 28.5 Å². The number of ether oxygens (including phenoxy) is 1. The number of hydrogen-bond donors (Lipinski definition) is 2. The molecular formula is C25H18FN5O5S. The predicted molar refractivity (Wildman–Crippen MR) is 134 cm³/mol. The molecule has 0 saturated carbocycles. The third-order valence-electron chi connectivity index (χ3n) is 5.35. The van der Waals surface area contributed by atoms with Crippen molar-refractivity contribution in [1.82, 2.24) is 19.5 Å². The molecule has 5 aromatic rings. The quantitative estimate of drug-likeness (QED) is 0.337. The molecule has 2 aromatic heterocycles. The number of anilines is 1. The molecule has 0 saturated heterocycles. The number of H-pyrrole nitrogens is 1. The summed E-state index contributed by atoms with van der Waals surface area (Å²) in [4.78, 5) is 36.4. The normalized spacial score (nSPS) is 11.4. The molecule has 186 valence electrons. The molecular weight excluding hydrogens is 501 g/mol. The fourth-order valence-corrected chi connectivity index (χ4v) is 4.67. The van der Waals surface area contributed by atoms with E-state index >= 15 is 0 Å². The highest BCUT2D eigenvalue weighted by Crippen LogP contribution is 2.21. The van der Waals surface area contributed by atoms with Crippen molar-refractivity contribution in [1.29, 1.82) is 0 Å². The van der Waals surface area contributed by atoms with Crippen LogP contribution in [-0.4, -0.2) is 27.9 Å². The Morgan fingerprint density at radius 2 is 1.70 bits per heavy atom. The first-order chi connectivity index (χ1) is 17.8. The monoisotopic (exact) mass is 519 g/mol. The molecule has 0 aliphatic rings. The standard InChI is InChI=1S/C25H18FN5O5S/c26-17-5-8-20(9-6-17)37(34,35)30-18-4-1-3-16(13-18)15-31-23(32)21-14-19(7-10-22(21)29-25(31)33)36-24-27-11-2-12-28-24/h1-14,30H,15H2,(H,29,33). The predicted octanol–water partition coefficient (Wildman–Crippen LogP) is 3.26. The number of hydrogen-bond acceptors (Lipinski definition) is 7. The molecule has 2 N–H and O–H groups in total. The van der Waals surface area contributed by atoms with Crippen molar-refractivity contribution in [2.24, 2.45) is 0 Å². The van der Waals surface area contributed by atoms with Crippen molar-refractivity contribution in [2.45, 2.75) is 11.4 Å². The summed E-state index contributed by atoms with van der Waals surface area (Å²) in [6.45, 7) is -0.122. The van der Waals surface area contributed by atoms with Crippen molar-refractivity contribution in [2.75, 3.05) is 4.72 Å². The first kappa shape index (κ1) is 23.9. The summed E-state index contributed by atoms with van der Waals surface area (Å²) >= 11 is 0. The Hall–Kier alpha value is -4.84. The zero-order valence-corrected chi connectivity index (χ0v) is 19.8. The molecule has 0 atom stereocenters. The Bertz CT molecular complexity index is 1820. The van der Waals surface area contributed by atoms with Crippen LogP contribution in [0.2, 0.25) is 0 Å². The van der Waals surface area contributed by atoms with Crippen molar-refractivity contribution >= 4 is 26.6 Å². The molecule has 0 amide bonds. The highest BCUT2D eigenvalue weighted by molar-refractivity contribution is 7.92. The minimum atomic E-state index is -3.97. The minimum Gasteiger partial charge on any atom is -0.424 e. The minimum absolute atomic E-state index is 0.103. The van der Waals surface area contributed by atoms with Crippen LogP contribution in [0.25, 0.3) is 10.9 Å². The number of benzene rings is 3. The maximum atomic E-state index is 13.2. The van der Waals surface area contributed by atoms with Crippen molar-refractivity contribution in [3.8, 4) is 11.8 Å². The summed E-state index contributed by atoms with van der Waals surface area (Å²) in [6.07, 6.45) is 3.03. The number of fused-ring (bicyclic) bond motifs is 1. The largest absolute Gasteiger partial charge is 0.424 e. The van der Waals surface area contributed by atoms with E-state index in [1.165, 1.54) is 30.6 Å². The second kappa shape index (κ2) is 9.66. The number of nitrogens with zero attached hydrogens (tertiary/aromatic N) is 3. The highest BCUT2D eigenvalue weighted by Gasteiger charge is 2.15. The van der Waals surface area contributed by atoms with Gasteiger partial charge in [0.1, 0.15) is 11.6 Å². The summed E-state index contributed by atoms with van der Waals surface area (Å²) in [5.41, 5.74) is -0.152. The first-order valence-corrected chi connectivity index (χ1v) is 12.4. The SMILES string of the molecule is O=c1[nH]c2ccc(Oc3ncccn3)cc2c(=O)n1Cc1cccc(NS(=O)(=O)c2ccc(F)cc2)c1. The topological polar surface area (TPSA) is 136 Å². The molecule has 0 spiro atoms. The molecule has 3 aromatic carbocycles. The highest BCUT2D eigenvalue weighted by atomic mass is 32.2. The third-order valence-corrected chi connectivity index (χ3v) is 6.75. The Morgan fingerprint density at radius 1 is 0.946 bits per heavy atom. The Balaban J connectivity index is 1.43. The van der Waals surface area contributed by atoms with Gasteiger partial charge in [-0.1, -0.05) is 12.1 Å². The van der Waals surface area contributed by atoms with Gasteiger partial charge in [-0.25, -0.2) is 27.6 Å². The molecule has 0 unspecified atom stereocenters. The van der Waals surface area contributed by atoms with Crippen LogP contribution in [0.3, 0.4) is 0 Å². The number of halogens is 1. The molecule has 10 nitrogen and oxygen atoms in total. The van der Waals surface area contributed by atoms with Crippen LogP contribution in [0.1, 0.15) is 5.56 Å². The molecule has 0 bridgehead atoms. The van der Waals surface area contributed by atoms with Gasteiger partial charge in [0.2, 0.25) is 0 Å². The van der Waals surface area contributed by atoms with Crippen molar-refractivity contribution in [3.63, 3.8) is 0 Å². The van der Waals surface area contributed by atoms with Gasteiger partial charge in [-0.05, 0) is 66.2 Å². The van der Waals surface area contributed by atoms with E-state index in [1.54, 1.807) is 30.3 Å². The summed E-state index contributed by atoms with van der Waals surface area (Å²) in [6, 6.07) is 17.0. The lowest BCUT2D eigenvalue weighted by atomic mass is 10.2. The van der Waals surface area contributed by atoms with Crippen molar-refractivity contribution in [3.05, 3.63) is 117 Å². The smallest absolute Gasteiger partial charge is 0.329 e. The lowest BCUT2D eigenvalue weighted by molar-refractivity contribution is 0.442. The number of rotatable bonds is 7. The van der Waals surface area contributed by atoms with E-state index in [2.05, 4.69) is 19.7 Å². The van der Waals surface area contributed by atoms with E-state index in [0.29, 0.717) is 16.8 Å². The summed E-state index contributed by atoms with van der Waals surface area (Å²) in [5.74, 6) is -0.245. The Kier molecular flexibility index (Phi) is 6.24. The summed E-state index contributed by atoms with van der Waals surface area (Å²) in [5, 5.41) is 0.209. The molecule has 12 heteroatoms. The van der Waals surface area contributed by atoms with Crippen LogP contribution in [0.5, 0.6) is 11.8 Å². The van der Waals surface area contributed by atoms with Crippen LogP contribution < -0.4 is 20.7 Å². The first-order valence-electron chi connectivity index (χ1n) is 10.9. The van der Waals surface area contributed by atoms with Gasteiger partial charge in [0.05, 0.1) is 22.3 Å². The number of nitrogens with one attached hydrogen (secondary N) is 2. The third kappa shape index (κ3) is 5.23. The van der Waals surface area contributed by atoms with Crippen LogP contribution in [0.15, 0.2) is 99.7 Å². The summed E-state index contributed by atoms with van der Waals surface area (Å²) < 4.78 is 47.4. The van der Waals surface area contributed by atoms with Gasteiger partial charge in [-0.15, -0.1) is 0 Å². The van der Waals surface area contributed by atoms with Crippen LogP contribution in [0.4, 0.5) is 10.1 Å².